The maximum absolute atomic E-state index is 6.02. The largest absolute Gasteiger partial charge is 0.365 e. The summed E-state index contributed by atoms with van der Waals surface area (Å²) in [5.74, 6) is 1.61. The van der Waals surface area contributed by atoms with E-state index >= 15 is 0 Å². The van der Waals surface area contributed by atoms with Gasteiger partial charge in [0.2, 0.25) is 0 Å². The molecule has 0 radical (unpaired) electrons. The van der Waals surface area contributed by atoms with Gasteiger partial charge in [-0.25, -0.2) is 9.97 Å². The highest BCUT2D eigenvalue weighted by Gasteiger charge is 2.05. The Balaban J connectivity index is 2.06. The normalized spacial score (nSPS) is 10.7. The predicted octanol–water partition coefficient (Wildman–Crippen LogP) is 4.32. The second kappa shape index (κ2) is 6.87. The number of aryl methyl sites for hydroxylation is 2. The van der Waals surface area contributed by atoms with Crippen molar-refractivity contribution in [2.45, 2.75) is 39.7 Å². The Labute approximate surface area is 123 Å². The minimum absolute atomic E-state index is 0.503. The summed E-state index contributed by atoms with van der Waals surface area (Å²) in [6.45, 7) is 5.07. The Morgan fingerprint density at radius 2 is 2.16 bits per heavy atom. The van der Waals surface area contributed by atoms with Crippen LogP contribution in [0.15, 0.2) is 17.5 Å². The van der Waals surface area contributed by atoms with E-state index in [0.717, 1.165) is 37.4 Å². The number of nitrogens with zero attached hydrogens (tertiary/aromatic N) is 2. The molecule has 0 atom stereocenters. The van der Waals surface area contributed by atoms with E-state index < -0.39 is 0 Å². The highest BCUT2D eigenvalue weighted by atomic mass is 35.5. The van der Waals surface area contributed by atoms with Gasteiger partial charge >= 0.3 is 0 Å². The van der Waals surface area contributed by atoms with E-state index in [9.17, 15) is 0 Å². The Morgan fingerprint density at radius 3 is 2.89 bits per heavy atom. The molecule has 5 heteroatoms. The van der Waals surface area contributed by atoms with Gasteiger partial charge < -0.3 is 5.32 Å². The van der Waals surface area contributed by atoms with Crippen LogP contribution in [0.4, 0.5) is 5.82 Å². The van der Waals surface area contributed by atoms with E-state index in [1.807, 2.05) is 0 Å². The zero-order valence-corrected chi connectivity index (χ0v) is 12.8. The molecule has 0 aliphatic rings. The molecule has 0 aliphatic heterocycles. The number of halogens is 1. The first-order valence-electron chi connectivity index (χ1n) is 6.55. The third kappa shape index (κ3) is 3.91. The van der Waals surface area contributed by atoms with Crippen molar-refractivity contribution in [2.75, 3.05) is 5.32 Å². The first-order chi connectivity index (χ1) is 9.22. The molecule has 2 heterocycles. The molecule has 102 valence electrons. The average molecular weight is 296 g/mol. The Hall–Kier alpha value is -1.13. The smallest absolute Gasteiger partial charge is 0.134 e. The summed E-state index contributed by atoms with van der Waals surface area (Å²) >= 11 is 7.79. The van der Waals surface area contributed by atoms with Crippen molar-refractivity contribution in [1.29, 1.82) is 0 Å². The first-order valence-corrected chi connectivity index (χ1v) is 7.81. The van der Waals surface area contributed by atoms with Crippen molar-refractivity contribution >= 4 is 28.8 Å². The Kier molecular flexibility index (Phi) is 5.16. The summed E-state index contributed by atoms with van der Waals surface area (Å²) in [5.41, 5.74) is 1.39. The van der Waals surface area contributed by atoms with Crippen LogP contribution in [0.3, 0.4) is 0 Å². The highest BCUT2D eigenvalue weighted by molar-refractivity contribution is 7.10. The standard InChI is InChI=1S/C14H18ClN3S/c1-3-5-13-17-12(15)8-14(18-13)16-9-11-10(4-2)6-7-19-11/h6-8H,3-5,9H2,1-2H3,(H,16,17,18). The monoisotopic (exact) mass is 295 g/mol. The molecule has 0 aliphatic carbocycles. The Bertz CT molecular complexity index is 539. The van der Waals surface area contributed by atoms with E-state index in [1.54, 1.807) is 17.4 Å². The minimum atomic E-state index is 0.503. The number of hydrogen-bond acceptors (Lipinski definition) is 4. The summed E-state index contributed by atoms with van der Waals surface area (Å²) < 4.78 is 0. The van der Waals surface area contributed by atoms with Gasteiger partial charge in [0.25, 0.3) is 0 Å². The van der Waals surface area contributed by atoms with Gasteiger partial charge in [-0.3, -0.25) is 0 Å². The summed E-state index contributed by atoms with van der Waals surface area (Å²) in [4.78, 5) is 10.1. The van der Waals surface area contributed by atoms with Crippen LogP contribution < -0.4 is 5.32 Å². The van der Waals surface area contributed by atoms with E-state index in [1.165, 1.54) is 10.4 Å². The maximum atomic E-state index is 6.02. The van der Waals surface area contributed by atoms with Gasteiger partial charge in [-0.2, -0.15) is 0 Å². The van der Waals surface area contributed by atoms with Crippen molar-refractivity contribution < 1.29 is 0 Å². The molecule has 0 aromatic carbocycles. The number of aromatic nitrogens is 2. The van der Waals surface area contributed by atoms with Crippen LogP contribution in [0.1, 0.15) is 36.5 Å². The first kappa shape index (κ1) is 14.3. The van der Waals surface area contributed by atoms with Gasteiger partial charge in [0.1, 0.15) is 16.8 Å². The molecular formula is C14H18ClN3S. The summed E-state index contributed by atoms with van der Waals surface area (Å²) in [5, 5.41) is 5.97. The summed E-state index contributed by atoms with van der Waals surface area (Å²) in [7, 11) is 0. The zero-order chi connectivity index (χ0) is 13.7. The van der Waals surface area contributed by atoms with Crippen molar-refractivity contribution in [3.63, 3.8) is 0 Å². The SMILES string of the molecule is CCCc1nc(Cl)cc(NCc2sccc2CC)n1. The van der Waals surface area contributed by atoms with Gasteiger partial charge in [0.15, 0.2) is 0 Å². The van der Waals surface area contributed by atoms with E-state index in [4.69, 9.17) is 11.6 Å². The molecular weight excluding hydrogens is 278 g/mol. The second-order valence-corrected chi connectivity index (χ2v) is 5.71. The van der Waals surface area contributed by atoms with Crippen molar-refractivity contribution in [3.05, 3.63) is 38.9 Å². The fourth-order valence-electron chi connectivity index (χ4n) is 1.90. The fraction of sp³-hybridized carbons (Fsp3) is 0.429. The molecule has 1 N–H and O–H groups in total. The number of rotatable bonds is 6. The lowest BCUT2D eigenvalue weighted by Gasteiger charge is -2.08. The molecule has 3 nitrogen and oxygen atoms in total. The topological polar surface area (TPSA) is 37.8 Å². The lowest BCUT2D eigenvalue weighted by molar-refractivity contribution is 0.834. The van der Waals surface area contributed by atoms with E-state index in [2.05, 4.69) is 40.6 Å². The molecule has 0 amide bonds. The van der Waals surface area contributed by atoms with Crippen LogP contribution in [0, 0.1) is 0 Å². The van der Waals surface area contributed by atoms with Gasteiger partial charge in [0.05, 0.1) is 6.54 Å². The molecule has 0 saturated heterocycles. The van der Waals surface area contributed by atoms with Crippen LogP contribution >= 0.6 is 22.9 Å². The molecule has 2 rings (SSSR count). The summed E-state index contributed by atoms with van der Waals surface area (Å²) in [6, 6.07) is 3.96. The number of hydrogen-bond donors (Lipinski definition) is 1. The van der Waals surface area contributed by atoms with Crippen molar-refractivity contribution in [1.82, 2.24) is 9.97 Å². The van der Waals surface area contributed by atoms with E-state index in [0.29, 0.717) is 5.15 Å². The predicted molar refractivity (Wildman–Crippen MR) is 82.1 cm³/mol. The molecule has 2 aromatic rings. The molecule has 2 aromatic heterocycles. The van der Waals surface area contributed by atoms with Crippen LogP contribution in [-0.4, -0.2) is 9.97 Å². The lowest BCUT2D eigenvalue weighted by atomic mass is 10.2. The summed E-state index contributed by atoms with van der Waals surface area (Å²) in [6.07, 6.45) is 2.94. The second-order valence-electron chi connectivity index (χ2n) is 4.32. The molecule has 0 unspecified atom stereocenters. The highest BCUT2D eigenvalue weighted by Crippen LogP contribution is 2.19. The van der Waals surface area contributed by atoms with Crippen molar-refractivity contribution in [3.8, 4) is 0 Å². The molecule has 0 spiro atoms. The van der Waals surface area contributed by atoms with Gasteiger partial charge in [-0.1, -0.05) is 25.4 Å². The van der Waals surface area contributed by atoms with E-state index in [-0.39, 0.29) is 0 Å². The fourth-order valence-corrected chi connectivity index (χ4v) is 3.02. The van der Waals surface area contributed by atoms with Gasteiger partial charge in [-0.15, -0.1) is 11.3 Å². The third-order valence-electron chi connectivity index (χ3n) is 2.86. The van der Waals surface area contributed by atoms with Gasteiger partial charge in [0, 0.05) is 17.4 Å². The Morgan fingerprint density at radius 1 is 1.32 bits per heavy atom. The number of thiophene rings is 1. The molecule has 0 fully saturated rings. The lowest BCUT2D eigenvalue weighted by Crippen LogP contribution is -2.05. The quantitative estimate of drug-likeness (QED) is 0.807. The third-order valence-corrected chi connectivity index (χ3v) is 4.02. The van der Waals surface area contributed by atoms with Crippen molar-refractivity contribution in [2.24, 2.45) is 0 Å². The number of nitrogens with one attached hydrogen (secondary N) is 1. The zero-order valence-electron chi connectivity index (χ0n) is 11.2. The molecule has 0 saturated carbocycles. The van der Waals surface area contributed by atoms with Crippen LogP contribution in [-0.2, 0) is 19.4 Å². The minimum Gasteiger partial charge on any atom is -0.365 e. The van der Waals surface area contributed by atoms with Crippen LogP contribution in [0.25, 0.3) is 0 Å². The average Bonchev–Trinajstić information content (AvgIpc) is 2.83. The van der Waals surface area contributed by atoms with Crippen LogP contribution in [0.2, 0.25) is 5.15 Å². The maximum Gasteiger partial charge on any atom is 0.134 e. The van der Waals surface area contributed by atoms with Gasteiger partial charge in [-0.05, 0) is 29.9 Å². The molecule has 0 bridgehead atoms. The number of anilines is 1. The van der Waals surface area contributed by atoms with Crippen LogP contribution in [0.5, 0.6) is 0 Å². The molecule has 19 heavy (non-hydrogen) atoms.